The van der Waals surface area contributed by atoms with Crippen molar-refractivity contribution in [2.24, 2.45) is 5.10 Å². The zero-order valence-electron chi connectivity index (χ0n) is 16.9. The van der Waals surface area contributed by atoms with Crippen molar-refractivity contribution in [3.63, 3.8) is 0 Å². The lowest BCUT2D eigenvalue weighted by molar-refractivity contribution is -0.122. The molecule has 144 valence electrons. The van der Waals surface area contributed by atoms with Gasteiger partial charge in [0.1, 0.15) is 0 Å². The number of piperidine rings is 1. The third-order valence-electron chi connectivity index (χ3n) is 5.14. The monoisotopic (exact) mass is 366 g/mol. The molecule has 0 unspecified atom stereocenters. The van der Waals surface area contributed by atoms with Crippen molar-refractivity contribution in [1.82, 2.24) is 14.9 Å². The van der Waals surface area contributed by atoms with Crippen LogP contribution in [0, 0.1) is 27.7 Å². The standard InChI is InChI=1S/C22H30N4O/c1-16-10-17(2)12-21(11-16)26-18(3)13-20(19(26)4)14-23-24-22(27)15-25-8-6-5-7-9-25/h10-14H,5-9,15H2,1-4H3,(H,24,27)/b23-14-. The highest BCUT2D eigenvalue weighted by molar-refractivity contribution is 5.84. The molecular weight excluding hydrogens is 336 g/mol. The summed E-state index contributed by atoms with van der Waals surface area (Å²) < 4.78 is 2.23. The quantitative estimate of drug-likeness (QED) is 0.649. The summed E-state index contributed by atoms with van der Waals surface area (Å²) in [7, 11) is 0. The van der Waals surface area contributed by atoms with Gasteiger partial charge in [0.2, 0.25) is 0 Å². The predicted octanol–water partition coefficient (Wildman–Crippen LogP) is 3.65. The third-order valence-corrected chi connectivity index (χ3v) is 5.14. The van der Waals surface area contributed by atoms with Crippen LogP contribution in [0.2, 0.25) is 0 Å². The van der Waals surface area contributed by atoms with Gasteiger partial charge in [0.15, 0.2) is 0 Å². The molecule has 0 saturated carbocycles. The first-order valence-electron chi connectivity index (χ1n) is 9.76. The van der Waals surface area contributed by atoms with Crippen LogP contribution in [0.5, 0.6) is 0 Å². The van der Waals surface area contributed by atoms with E-state index in [0.29, 0.717) is 6.54 Å². The van der Waals surface area contributed by atoms with Gasteiger partial charge in [-0.05, 0) is 83.0 Å². The Morgan fingerprint density at radius 2 is 1.70 bits per heavy atom. The molecule has 0 radical (unpaired) electrons. The maximum atomic E-state index is 12.1. The zero-order chi connectivity index (χ0) is 19.4. The van der Waals surface area contributed by atoms with Crippen LogP contribution >= 0.6 is 0 Å². The van der Waals surface area contributed by atoms with Gasteiger partial charge in [-0.3, -0.25) is 9.69 Å². The molecule has 1 aromatic heterocycles. The number of benzene rings is 1. The Balaban J connectivity index is 1.68. The summed E-state index contributed by atoms with van der Waals surface area (Å²) in [6, 6.07) is 8.66. The Morgan fingerprint density at radius 3 is 2.37 bits per heavy atom. The van der Waals surface area contributed by atoms with E-state index < -0.39 is 0 Å². The predicted molar refractivity (Wildman–Crippen MR) is 111 cm³/mol. The minimum Gasteiger partial charge on any atom is -0.318 e. The molecule has 0 bridgehead atoms. The van der Waals surface area contributed by atoms with Crippen LogP contribution in [0.15, 0.2) is 29.4 Å². The third kappa shape index (κ3) is 4.86. The molecule has 2 heterocycles. The summed E-state index contributed by atoms with van der Waals surface area (Å²) in [6.45, 7) is 10.9. The highest BCUT2D eigenvalue weighted by atomic mass is 16.2. The number of nitrogens with zero attached hydrogens (tertiary/aromatic N) is 3. The van der Waals surface area contributed by atoms with Crippen LogP contribution in [0.1, 0.15) is 47.3 Å². The maximum absolute atomic E-state index is 12.1. The molecule has 0 atom stereocenters. The van der Waals surface area contributed by atoms with E-state index in [9.17, 15) is 4.79 Å². The average Bonchev–Trinajstić information content (AvgIpc) is 2.88. The van der Waals surface area contributed by atoms with Crippen LogP contribution in [0.25, 0.3) is 5.69 Å². The van der Waals surface area contributed by atoms with Crippen molar-refractivity contribution in [3.05, 3.63) is 52.3 Å². The lowest BCUT2D eigenvalue weighted by Crippen LogP contribution is -2.38. The van der Waals surface area contributed by atoms with E-state index >= 15 is 0 Å². The molecule has 1 aliphatic heterocycles. The second-order valence-electron chi connectivity index (χ2n) is 7.64. The van der Waals surface area contributed by atoms with E-state index in [2.05, 4.69) is 72.0 Å². The van der Waals surface area contributed by atoms with Gasteiger partial charge in [-0.15, -0.1) is 0 Å². The Labute approximate surface area is 162 Å². The molecule has 2 aromatic rings. The molecule has 1 aromatic carbocycles. The summed E-state index contributed by atoms with van der Waals surface area (Å²) in [5, 5.41) is 4.19. The number of hydrazone groups is 1. The summed E-state index contributed by atoms with van der Waals surface area (Å²) >= 11 is 0. The Hall–Kier alpha value is -2.40. The summed E-state index contributed by atoms with van der Waals surface area (Å²) in [5.41, 5.74) is 9.62. The number of aryl methyl sites for hydroxylation is 3. The Kier molecular flexibility index (Phi) is 6.11. The van der Waals surface area contributed by atoms with Crippen LogP contribution in [-0.2, 0) is 4.79 Å². The minimum atomic E-state index is -0.0451. The van der Waals surface area contributed by atoms with Crippen molar-refractivity contribution >= 4 is 12.1 Å². The molecule has 0 aliphatic carbocycles. The fraction of sp³-hybridized carbons (Fsp3) is 0.455. The van der Waals surface area contributed by atoms with Gasteiger partial charge in [-0.2, -0.15) is 5.10 Å². The average molecular weight is 367 g/mol. The molecule has 27 heavy (non-hydrogen) atoms. The van der Waals surface area contributed by atoms with Gasteiger partial charge in [0, 0.05) is 22.6 Å². The number of carbonyl (C=O) groups excluding carboxylic acids is 1. The first kappa shape index (κ1) is 19.4. The van der Waals surface area contributed by atoms with Crippen molar-refractivity contribution in [2.75, 3.05) is 19.6 Å². The molecule has 1 saturated heterocycles. The van der Waals surface area contributed by atoms with Crippen LogP contribution in [0.4, 0.5) is 0 Å². The second kappa shape index (κ2) is 8.53. The number of nitrogens with one attached hydrogen (secondary N) is 1. The molecule has 5 heteroatoms. The highest BCUT2D eigenvalue weighted by Gasteiger charge is 2.13. The van der Waals surface area contributed by atoms with Crippen molar-refractivity contribution in [1.29, 1.82) is 0 Å². The van der Waals surface area contributed by atoms with Gasteiger partial charge in [0.25, 0.3) is 5.91 Å². The normalized spacial score (nSPS) is 15.4. The van der Waals surface area contributed by atoms with Gasteiger partial charge < -0.3 is 4.57 Å². The molecule has 1 amide bonds. The van der Waals surface area contributed by atoms with Gasteiger partial charge in [-0.25, -0.2) is 5.43 Å². The minimum absolute atomic E-state index is 0.0451. The highest BCUT2D eigenvalue weighted by Crippen LogP contribution is 2.21. The Morgan fingerprint density at radius 1 is 1.04 bits per heavy atom. The molecule has 1 fully saturated rings. The maximum Gasteiger partial charge on any atom is 0.254 e. The van der Waals surface area contributed by atoms with E-state index in [1.54, 1.807) is 6.21 Å². The number of hydrogen-bond acceptors (Lipinski definition) is 3. The van der Waals surface area contributed by atoms with E-state index in [4.69, 9.17) is 0 Å². The van der Waals surface area contributed by atoms with Crippen LogP contribution in [0.3, 0.4) is 0 Å². The molecular formula is C22H30N4O. The zero-order valence-corrected chi connectivity index (χ0v) is 16.9. The van der Waals surface area contributed by atoms with Gasteiger partial charge >= 0.3 is 0 Å². The Bertz CT molecular complexity index is 824. The number of hydrogen-bond donors (Lipinski definition) is 1. The molecule has 1 N–H and O–H groups in total. The number of amides is 1. The fourth-order valence-electron chi connectivity index (χ4n) is 3.93. The van der Waals surface area contributed by atoms with E-state index in [0.717, 1.165) is 35.7 Å². The number of rotatable bonds is 5. The lowest BCUT2D eigenvalue weighted by Gasteiger charge is -2.25. The van der Waals surface area contributed by atoms with Crippen LogP contribution in [-0.4, -0.2) is 41.2 Å². The molecule has 0 spiro atoms. The first-order valence-corrected chi connectivity index (χ1v) is 9.76. The lowest BCUT2D eigenvalue weighted by atomic mass is 10.1. The molecule has 1 aliphatic rings. The number of likely N-dealkylation sites (tertiary alicyclic amines) is 1. The largest absolute Gasteiger partial charge is 0.318 e. The van der Waals surface area contributed by atoms with E-state index in [1.165, 1.54) is 30.4 Å². The second-order valence-corrected chi connectivity index (χ2v) is 7.64. The van der Waals surface area contributed by atoms with Crippen LogP contribution < -0.4 is 5.43 Å². The smallest absolute Gasteiger partial charge is 0.254 e. The fourth-order valence-corrected chi connectivity index (χ4v) is 3.93. The molecule has 5 nitrogen and oxygen atoms in total. The van der Waals surface area contributed by atoms with Gasteiger partial charge in [0.05, 0.1) is 12.8 Å². The summed E-state index contributed by atoms with van der Waals surface area (Å²) in [6.07, 6.45) is 5.38. The number of carbonyl (C=O) groups is 1. The van der Waals surface area contributed by atoms with Crippen molar-refractivity contribution in [3.8, 4) is 5.69 Å². The number of aromatic nitrogens is 1. The topological polar surface area (TPSA) is 49.6 Å². The first-order chi connectivity index (χ1) is 12.9. The van der Waals surface area contributed by atoms with Crippen molar-refractivity contribution < 1.29 is 4.79 Å². The summed E-state index contributed by atoms with van der Waals surface area (Å²) in [4.78, 5) is 14.3. The van der Waals surface area contributed by atoms with Crippen molar-refractivity contribution in [2.45, 2.75) is 47.0 Å². The van der Waals surface area contributed by atoms with E-state index in [1.807, 2.05) is 0 Å². The SMILES string of the molecule is Cc1cc(C)cc(-n2c(C)cc(/C=N\NC(=O)CN3CCCCC3)c2C)c1. The van der Waals surface area contributed by atoms with Gasteiger partial charge in [-0.1, -0.05) is 12.5 Å². The summed E-state index contributed by atoms with van der Waals surface area (Å²) in [5.74, 6) is -0.0451. The van der Waals surface area contributed by atoms with E-state index in [-0.39, 0.29) is 5.91 Å². The molecule has 3 rings (SSSR count).